The van der Waals surface area contributed by atoms with Gasteiger partial charge in [-0.1, -0.05) is 30.3 Å². The largest absolute Gasteiger partial charge is 0.399 e. The highest BCUT2D eigenvalue weighted by atomic mass is 16.9. The molecule has 2 rings (SSSR count). The van der Waals surface area contributed by atoms with Crippen LogP contribution in [0.3, 0.4) is 0 Å². The van der Waals surface area contributed by atoms with Gasteiger partial charge in [0.25, 0.3) is 0 Å². The molecule has 2 aromatic rings. The lowest BCUT2D eigenvalue weighted by Crippen LogP contribution is -2.24. The Hall–Kier alpha value is -2.04. The Bertz CT molecular complexity index is 534. The molecule has 0 bridgehead atoms. The molecule has 20 heavy (non-hydrogen) atoms. The number of hydrogen-bond acceptors (Lipinski definition) is 4. The fourth-order valence-electron chi connectivity index (χ4n) is 1.95. The molecule has 0 heterocycles. The van der Waals surface area contributed by atoms with Crippen molar-refractivity contribution in [3.05, 3.63) is 48.5 Å². The minimum absolute atomic E-state index is 0.538. The van der Waals surface area contributed by atoms with Crippen LogP contribution in [0.2, 0.25) is 0 Å². The highest BCUT2D eigenvalue weighted by Crippen LogP contribution is 2.31. The van der Waals surface area contributed by atoms with Gasteiger partial charge < -0.3 is 5.73 Å². The molecule has 0 saturated carbocycles. The van der Waals surface area contributed by atoms with Gasteiger partial charge in [-0.3, -0.25) is 0 Å². The fraction of sp³-hybridized carbons (Fsp3) is 0.250. The van der Waals surface area contributed by atoms with Gasteiger partial charge in [-0.25, -0.2) is 9.68 Å². The zero-order valence-electron chi connectivity index (χ0n) is 11.9. The molecule has 0 radical (unpaired) electrons. The van der Waals surface area contributed by atoms with E-state index in [1.165, 1.54) is 5.23 Å². The quantitative estimate of drug-likeness (QED) is 0.644. The van der Waals surface area contributed by atoms with Crippen molar-refractivity contribution in [2.75, 3.05) is 24.2 Å². The van der Waals surface area contributed by atoms with Crippen molar-refractivity contribution >= 4 is 11.4 Å². The van der Waals surface area contributed by atoms with Crippen LogP contribution >= 0.6 is 0 Å². The van der Waals surface area contributed by atoms with Gasteiger partial charge in [0.15, 0.2) is 0 Å². The van der Waals surface area contributed by atoms with Crippen molar-refractivity contribution in [2.24, 2.45) is 0 Å². The minimum Gasteiger partial charge on any atom is -0.399 e. The van der Waals surface area contributed by atoms with Crippen LogP contribution in [0.5, 0.6) is 0 Å². The summed E-state index contributed by atoms with van der Waals surface area (Å²) < 4.78 is 0. The smallest absolute Gasteiger partial charge is 0.103 e. The molecule has 4 heteroatoms. The molecule has 0 spiro atoms. The fourth-order valence-corrected chi connectivity index (χ4v) is 1.95. The maximum atomic E-state index is 5.74. The van der Waals surface area contributed by atoms with Gasteiger partial charge in [0.2, 0.25) is 0 Å². The van der Waals surface area contributed by atoms with E-state index in [0.29, 0.717) is 13.2 Å². The van der Waals surface area contributed by atoms with Gasteiger partial charge in [0.05, 0.1) is 13.2 Å². The first-order valence-electron chi connectivity index (χ1n) is 6.77. The molecule has 4 nitrogen and oxygen atoms in total. The van der Waals surface area contributed by atoms with E-state index in [4.69, 9.17) is 15.4 Å². The first-order chi connectivity index (χ1) is 9.76. The molecule has 0 amide bonds. The highest BCUT2D eigenvalue weighted by Gasteiger charge is 2.13. The molecule has 0 aromatic heterocycles. The van der Waals surface area contributed by atoms with E-state index < -0.39 is 0 Å². The standard InChI is InChI=1S/C16H20N2O2/c1-3-19-18(20-4-2)16-8-6-5-7-15(16)13-9-11-14(17)12-10-13/h5-12H,3-4,17H2,1-2H3. The van der Waals surface area contributed by atoms with Gasteiger partial charge >= 0.3 is 0 Å². The molecular weight excluding hydrogens is 252 g/mol. The number of hydrogen-bond donors (Lipinski definition) is 1. The summed E-state index contributed by atoms with van der Waals surface area (Å²) in [6.45, 7) is 4.93. The van der Waals surface area contributed by atoms with E-state index in [-0.39, 0.29) is 0 Å². The van der Waals surface area contributed by atoms with E-state index in [1.54, 1.807) is 0 Å². The first kappa shape index (κ1) is 14.4. The van der Waals surface area contributed by atoms with Crippen molar-refractivity contribution in [2.45, 2.75) is 13.8 Å². The number of rotatable bonds is 6. The second kappa shape index (κ2) is 6.93. The third-order valence-corrected chi connectivity index (χ3v) is 2.82. The monoisotopic (exact) mass is 272 g/mol. The third kappa shape index (κ3) is 3.29. The lowest BCUT2D eigenvalue weighted by Gasteiger charge is -2.23. The number of nitrogens with two attached hydrogens (primary N) is 1. The number of nitrogen functional groups attached to an aromatic ring is 1. The Balaban J connectivity index is 2.40. The summed E-state index contributed by atoms with van der Waals surface area (Å²) in [4.78, 5) is 11.1. The maximum Gasteiger partial charge on any atom is 0.103 e. The van der Waals surface area contributed by atoms with E-state index in [9.17, 15) is 0 Å². The van der Waals surface area contributed by atoms with Gasteiger partial charge in [-0.15, -0.1) is 5.23 Å². The Morgan fingerprint density at radius 1 is 0.900 bits per heavy atom. The van der Waals surface area contributed by atoms with E-state index in [2.05, 4.69) is 0 Å². The lowest BCUT2D eigenvalue weighted by molar-refractivity contribution is -0.0814. The van der Waals surface area contributed by atoms with Crippen molar-refractivity contribution < 1.29 is 9.68 Å². The molecule has 0 aliphatic heterocycles. The number of nitrogens with zero attached hydrogens (tertiary/aromatic N) is 1. The van der Waals surface area contributed by atoms with Crippen LogP contribution < -0.4 is 11.0 Å². The van der Waals surface area contributed by atoms with E-state index in [1.807, 2.05) is 62.4 Å². The molecule has 106 valence electrons. The summed E-state index contributed by atoms with van der Waals surface area (Å²) >= 11 is 0. The molecule has 2 aromatic carbocycles. The predicted molar refractivity (Wildman–Crippen MR) is 82.0 cm³/mol. The van der Waals surface area contributed by atoms with Crippen LogP contribution in [0, 0.1) is 0 Å². The van der Waals surface area contributed by atoms with Gasteiger partial charge in [0, 0.05) is 11.3 Å². The second-order valence-corrected chi connectivity index (χ2v) is 4.23. The summed E-state index contributed by atoms with van der Waals surface area (Å²) in [5.41, 5.74) is 9.47. The lowest BCUT2D eigenvalue weighted by atomic mass is 10.0. The number of anilines is 2. The zero-order valence-corrected chi connectivity index (χ0v) is 11.9. The average Bonchev–Trinajstić information content (AvgIpc) is 2.48. The molecule has 2 N–H and O–H groups in total. The predicted octanol–water partition coefficient (Wildman–Crippen LogP) is 3.65. The van der Waals surface area contributed by atoms with E-state index >= 15 is 0 Å². The summed E-state index contributed by atoms with van der Waals surface area (Å²) in [6.07, 6.45) is 0. The minimum atomic E-state index is 0.538. The highest BCUT2D eigenvalue weighted by molar-refractivity contribution is 5.78. The molecule has 0 aliphatic carbocycles. The number of para-hydroxylation sites is 1. The SMILES string of the molecule is CCON(OCC)c1ccccc1-c1ccc(N)cc1. The Morgan fingerprint density at radius 2 is 1.50 bits per heavy atom. The topological polar surface area (TPSA) is 47.7 Å². The molecule has 0 aliphatic rings. The van der Waals surface area contributed by atoms with Crippen molar-refractivity contribution in [1.29, 1.82) is 0 Å². The molecule has 0 unspecified atom stereocenters. The summed E-state index contributed by atoms with van der Waals surface area (Å²) in [5.74, 6) is 0. The van der Waals surface area contributed by atoms with Crippen LogP contribution in [0.1, 0.15) is 13.8 Å². The van der Waals surface area contributed by atoms with Crippen LogP contribution in [0.25, 0.3) is 11.1 Å². The average molecular weight is 272 g/mol. The van der Waals surface area contributed by atoms with Gasteiger partial charge in [-0.2, -0.15) is 0 Å². The molecule has 0 saturated heterocycles. The Labute approximate surface area is 119 Å². The normalized spacial score (nSPS) is 10.5. The first-order valence-corrected chi connectivity index (χ1v) is 6.77. The zero-order chi connectivity index (χ0) is 14.4. The third-order valence-electron chi connectivity index (χ3n) is 2.82. The molecule has 0 fully saturated rings. The van der Waals surface area contributed by atoms with Crippen molar-refractivity contribution in [1.82, 2.24) is 0 Å². The van der Waals surface area contributed by atoms with Gasteiger partial charge in [-0.05, 0) is 37.6 Å². The Kier molecular flexibility index (Phi) is 4.98. The van der Waals surface area contributed by atoms with Crippen molar-refractivity contribution in [3.63, 3.8) is 0 Å². The summed E-state index contributed by atoms with van der Waals surface area (Å²) in [6, 6.07) is 15.7. The second-order valence-electron chi connectivity index (χ2n) is 4.23. The van der Waals surface area contributed by atoms with Crippen molar-refractivity contribution in [3.8, 4) is 11.1 Å². The Morgan fingerprint density at radius 3 is 2.10 bits per heavy atom. The van der Waals surface area contributed by atoms with Crippen LogP contribution in [-0.4, -0.2) is 13.2 Å². The molecule has 0 atom stereocenters. The number of benzene rings is 2. The maximum absolute atomic E-state index is 5.74. The van der Waals surface area contributed by atoms with Crippen LogP contribution in [0.4, 0.5) is 11.4 Å². The summed E-state index contributed by atoms with van der Waals surface area (Å²) in [7, 11) is 0. The van der Waals surface area contributed by atoms with Gasteiger partial charge in [0.1, 0.15) is 5.69 Å². The van der Waals surface area contributed by atoms with Crippen LogP contribution in [-0.2, 0) is 9.68 Å². The van der Waals surface area contributed by atoms with E-state index in [0.717, 1.165) is 22.5 Å². The molecular formula is C16H20N2O2. The van der Waals surface area contributed by atoms with Crippen LogP contribution in [0.15, 0.2) is 48.5 Å². The summed E-state index contributed by atoms with van der Waals surface area (Å²) in [5, 5.41) is 1.48.